The normalized spacial score (nSPS) is 54.2. The van der Waals surface area contributed by atoms with Gasteiger partial charge < -0.3 is 9.47 Å². The van der Waals surface area contributed by atoms with Crippen LogP contribution in [-0.4, -0.2) is 24.8 Å². The third-order valence-electron chi connectivity index (χ3n) is 5.00. The van der Waals surface area contributed by atoms with Crippen LogP contribution in [0.4, 0.5) is 0 Å². The summed E-state index contributed by atoms with van der Waals surface area (Å²) < 4.78 is 11.6. The molecule has 0 radical (unpaired) electrons. The summed E-state index contributed by atoms with van der Waals surface area (Å²) in [5.74, 6) is -0.647. The zero-order valence-corrected chi connectivity index (χ0v) is 11.0. The molecule has 4 rings (SSSR count). The van der Waals surface area contributed by atoms with Gasteiger partial charge in [0.15, 0.2) is 11.9 Å². The number of rotatable bonds is 1. The van der Waals surface area contributed by atoms with E-state index in [1.807, 2.05) is 6.92 Å². The molecule has 3 saturated heterocycles. The molecule has 0 amide bonds. The van der Waals surface area contributed by atoms with Gasteiger partial charge in [0.25, 0.3) is 0 Å². The molecular formula is C13H22O4. The van der Waals surface area contributed by atoms with Crippen molar-refractivity contribution in [3.63, 3.8) is 0 Å². The third-order valence-corrected chi connectivity index (χ3v) is 5.00. The zero-order chi connectivity index (χ0) is 12.1. The Bertz CT molecular complexity index is 321. The molecular weight excluding hydrogens is 220 g/mol. The topological polar surface area (TPSA) is 36.9 Å². The van der Waals surface area contributed by atoms with E-state index in [1.165, 1.54) is 6.42 Å². The van der Waals surface area contributed by atoms with E-state index in [4.69, 9.17) is 19.2 Å². The van der Waals surface area contributed by atoms with Gasteiger partial charge >= 0.3 is 0 Å². The van der Waals surface area contributed by atoms with Gasteiger partial charge in [-0.1, -0.05) is 19.8 Å². The molecule has 0 aromatic rings. The van der Waals surface area contributed by atoms with E-state index < -0.39 is 11.4 Å². The molecule has 4 aliphatic rings. The maximum absolute atomic E-state index is 6.00. The molecule has 0 unspecified atom stereocenters. The predicted molar refractivity (Wildman–Crippen MR) is 61.0 cm³/mol. The molecule has 98 valence electrons. The first-order valence-electron chi connectivity index (χ1n) is 6.61. The van der Waals surface area contributed by atoms with E-state index in [9.17, 15) is 0 Å². The van der Waals surface area contributed by atoms with Crippen molar-refractivity contribution >= 4 is 0 Å². The van der Waals surface area contributed by atoms with Gasteiger partial charge in [-0.2, -0.15) is 0 Å². The van der Waals surface area contributed by atoms with E-state index in [1.54, 1.807) is 7.11 Å². The van der Waals surface area contributed by atoms with Gasteiger partial charge in [0.2, 0.25) is 5.79 Å². The number of ether oxygens (including phenoxy) is 2. The second-order valence-electron chi connectivity index (χ2n) is 6.14. The van der Waals surface area contributed by atoms with Crippen molar-refractivity contribution < 1.29 is 19.2 Å². The lowest BCUT2D eigenvalue weighted by molar-refractivity contribution is -0.553. The highest BCUT2D eigenvalue weighted by atomic mass is 17.3. The fraction of sp³-hybridized carbons (Fsp3) is 1.00. The fourth-order valence-electron chi connectivity index (χ4n) is 3.68. The third kappa shape index (κ3) is 1.51. The highest BCUT2D eigenvalue weighted by Crippen LogP contribution is 2.58. The molecule has 2 bridgehead atoms. The van der Waals surface area contributed by atoms with E-state index >= 15 is 0 Å². The Morgan fingerprint density at radius 3 is 2.53 bits per heavy atom. The van der Waals surface area contributed by atoms with Crippen LogP contribution in [0.3, 0.4) is 0 Å². The summed E-state index contributed by atoms with van der Waals surface area (Å²) in [6, 6.07) is 0. The van der Waals surface area contributed by atoms with Crippen molar-refractivity contribution in [1.82, 2.24) is 0 Å². The summed E-state index contributed by atoms with van der Waals surface area (Å²) in [6.45, 7) is 4.23. The van der Waals surface area contributed by atoms with Crippen LogP contribution in [-0.2, 0) is 19.2 Å². The van der Waals surface area contributed by atoms with Crippen LogP contribution in [0.5, 0.6) is 0 Å². The molecule has 4 fully saturated rings. The van der Waals surface area contributed by atoms with Gasteiger partial charge in [-0.15, -0.1) is 0 Å². The molecule has 3 aliphatic heterocycles. The number of methoxy groups -OCH3 is 1. The Hall–Kier alpha value is -0.160. The summed E-state index contributed by atoms with van der Waals surface area (Å²) in [7, 11) is 1.70. The average molecular weight is 242 g/mol. The van der Waals surface area contributed by atoms with E-state index in [-0.39, 0.29) is 11.7 Å². The first-order valence-corrected chi connectivity index (χ1v) is 6.61. The highest BCUT2D eigenvalue weighted by molar-refractivity contribution is 5.06. The van der Waals surface area contributed by atoms with Crippen LogP contribution in [0.15, 0.2) is 0 Å². The fourth-order valence-corrected chi connectivity index (χ4v) is 3.68. The molecule has 3 heterocycles. The summed E-state index contributed by atoms with van der Waals surface area (Å²) in [6.07, 6.45) is 6.16. The van der Waals surface area contributed by atoms with Gasteiger partial charge in [0.05, 0.1) is 0 Å². The van der Waals surface area contributed by atoms with Gasteiger partial charge in [-0.3, -0.25) is 0 Å². The van der Waals surface area contributed by atoms with Gasteiger partial charge in [-0.05, 0) is 26.2 Å². The highest BCUT2D eigenvalue weighted by Gasteiger charge is 2.65. The first-order chi connectivity index (χ1) is 8.04. The van der Waals surface area contributed by atoms with Crippen LogP contribution in [0.25, 0.3) is 0 Å². The average Bonchev–Trinajstić information content (AvgIpc) is 2.51. The van der Waals surface area contributed by atoms with Gasteiger partial charge in [0.1, 0.15) is 0 Å². The van der Waals surface area contributed by atoms with E-state index in [0.29, 0.717) is 0 Å². The van der Waals surface area contributed by atoms with Crippen molar-refractivity contribution in [1.29, 1.82) is 0 Å². The maximum Gasteiger partial charge on any atom is 0.201 e. The van der Waals surface area contributed by atoms with Crippen LogP contribution >= 0.6 is 0 Å². The van der Waals surface area contributed by atoms with Crippen molar-refractivity contribution in [2.75, 3.05) is 7.11 Å². The Morgan fingerprint density at radius 2 is 1.76 bits per heavy atom. The molecule has 0 aromatic carbocycles. The lowest BCUT2D eigenvalue weighted by Crippen LogP contribution is -2.62. The predicted octanol–water partition coefficient (Wildman–Crippen LogP) is 2.77. The lowest BCUT2D eigenvalue weighted by Gasteiger charge is -2.53. The maximum atomic E-state index is 6.00. The Kier molecular flexibility index (Phi) is 2.57. The van der Waals surface area contributed by atoms with Crippen LogP contribution in [0.1, 0.15) is 52.4 Å². The minimum absolute atomic E-state index is 0.0974. The second-order valence-corrected chi connectivity index (χ2v) is 6.14. The molecule has 17 heavy (non-hydrogen) atoms. The molecule has 4 heteroatoms. The SMILES string of the molecule is CO[C@@H]1O[C@]2(C)CC[C@@]3(C)CCCC[C@@]13OO2. The van der Waals surface area contributed by atoms with E-state index in [2.05, 4.69) is 6.92 Å². The molecule has 0 aromatic heterocycles. The monoisotopic (exact) mass is 242 g/mol. The number of fused-ring (bicyclic) bond motifs is 3. The van der Waals surface area contributed by atoms with Crippen LogP contribution in [0.2, 0.25) is 0 Å². The molecule has 1 saturated carbocycles. The molecule has 4 nitrogen and oxygen atoms in total. The molecule has 1 spiro atoms. The zero-order valence-electron chi connectivity index (χ0n) is 11.0. The molecule has 4 atom stereocenters. The number of hydrogen-bond acceptors (Lipinski definition) is 4. The standard InChI is InChI=1S/C13H22O4/c1-11-6-4-5-7-13(11)10(14-3)15-12(2,9-8-11)16-17-13/h10H,4-9H2,1-3H3/t10-,11-,12+,13-/m1/s1. The van der Waals surface area contributed by atoms with Crippen molar-refractivity contribution in [2.24, 2.45) is 5.41 Å². The van der Waals surface area contributed by atoms with Crippen LogP contribution in [0, 0.1) is 5.41 Å². The summed E-state index contributed by atoms with van der Waals surface area (Å²) in [4.78, 5) is 11.4. The molecule has 1 aliphatic carbocycles. The van der Waals surface area contributed by atoms with Gasteiger partial charge in [-0.25, -0.2) is 9.78 Å². The van der Waals surface area contributed by atoms with Crippen molar-refractivity contribution in [3.8, 4) is 0 Å². The minimum atomic E-state index is -0.647. The first kappa shape index (κ1) is 11.9. The largest absolute Gasteiger partial charge is 0.353 e. The van der Waals surface area contributed by atoms with Crippen LogP contribution < -0.4 is 0 Å². The minimum Gasteiger partial charge on any atom is -0.353 e. The van der Waals surface area contributed by atoms with Gasteiger partial charge in [0, 0.05) is 18.9 Å². The Labute approximate surface area is 102 Å². The smallest absolute Gasteiger partial charge is 0.201 e. The van der Waals surface area contributed by atoms with Crippen molar-refractivity contribution in [2.45, 2.75) is 70.1 Å². The summed E-state index contributed by atoms with van der Waals surface area (Å²) >= 11 is 0. The Balaban J connectivity index is 2.04. The molecule has 0 N–H and O–H groups in total. The number of hydrogen-bond donors (Lipinski definition) is 0. The van der Waals surface area contributed by atoms with Crippen molar-refractivity contribution in [3.05, 3.63) is 0 Å². The lowest BCUT2D eigenvalue weighted by atomic mass is 9.62. The summed E-state index contributed by atoms with van der Waals surface area (Å²) in [5.41, 5.74) is -0.323. The van der Waals surface area contributed by atoms with E-state index in [0.717, 1.165) is 32.1 Å². The summed E-state index contributed by atoms with van der Waals surface area (Å²) in [5, 5.41) is 0. The second kappa shape index (κ2) is 3.67. The quantitative estimate of drug-likeness (QED) is 0.662. The Morgan fingerprint density at radius 1 is 1.00 bits per heavy atom.